The Morgan fingerprint density at radius 3 is 1.25 bits per heavy atom. The Kier molecular flexibility index (Phi) is 10.5. The monoisotopic (exact) mass is 610 g/mol. The lowest BCUT2D eigenvalue weighted by atomic mass is 9.69. The van der Waals surface area contributed by atoms with Crippen molar-refractivity contribution in [1.29, 1.82) is 0 Å². The van der Waals surface area contributed by atoms with Crippen LogP contribution >= 0.6 is 7.26 Å². The lowest BCUT2D eigenvalue weighted by Crippen LogP contribution is -3.00. The van der Waals surface area contributed by atoms with E-state index in [-0.39, 0.29) is 24.0 Å². The van der Waals surface area contributed by atoms with Crippen molar-refractivity contribution in [1.82, 2.24) is 0 Å². The van der Waals surface area contributed by atoms with E-state index in [0.29, 0.717) is 0 Å². The second kappa shape index (κ2) is 13.6. The Labute approximate surface area is 238 Å². The van der Waals surface area contributed by atoms with Gasteiger partial charge in [0.1, 0.15) is 23.2 Å². The first-order valence-electron chi connectivity index (χ1n) is 14.3. The molecule has 0 heterocycles. The van der Waals surface area contributed by atoms with Gasteiger partial charge in [0.15, 0.2) is 0 Å². The van der Waals surface area contributed by atoms with Gasteiger partial charge >= 0.3 is 0 Å². The summed E-state index contributed by atoms with van der Waals surface area (Å²) in [5.41, 5.74) is 0. The number of hydrogen-bond acceptors (Lipinski definition) is 0. The van der Waals surface area contributed by atoms with E-state index in [2.05, 4.69) is 97.9 Å². The Morgan fingerprint density at radius 2 is 0.889 bits per heavy atom. The molecule has 36 heavy (non-hydrogen) atoms. The Morgan fingerprint density at radius 1 is 0.528 bits per heavy atom. The third-order valence-corrected chi connectivity index (χ3v) is 13.9. The first kappa shape index (κ1) is 27.8. The van der Waals surface area contributed by atoms with Crippen LogP contribution in [0.3, 0.4) is 0 Å². The fourth-order valence-electron chi connectivity index (χ4n) is 7.40. The summed E-state index contributed by atoms with van der Waals surface area (Å²) in [6, 6.07) is 34.5. The second-order valence-corrected chi connectivity index (χ2v) is 14.9. The SMILES string of the molecule is CCCC1CCC(C2CCC(C[P+](c3ccccc3)(c3ccccc3)c3ccccc3)CC2)CC1.[I-]. The summed E-state index contributed by atoms with van der Waals surface area (Å²) >= 11 is 0. The average Bonchev–Trinajstić information content (AvgIpc) is 2.94. The first-order valence-corrected chi connectivity index (χ1v) is 16.3. The van der Waals surface area contributed by atoms with Gasteiger partial charge in [0.2, 0.25) is 0 Å². The summed E-state index contributed by atoms with van der Waals surface area (Å²) < 4.78 is 0. The maximum Gasteiger partial charge on any atom is 0.112 e. The highest BCUT2D eigenvalue weighted by molar-refractivity contribution is 7.95. The molecule has 2 aliphatic carbocycles. The van der Waals surface area contributed by atoms with Gasteiger partial charge in [0, 0.05) is 0 Å². The summed E-state index contributed by atoms with van der Waals surface area (Å²) in [6.45, 7) is 2.36. The molecule has 0 spiro atoms. The fraction of sp³-hybridized carbons (Fsp3) is 0.471. The van der Waals surface area contributed by atoms with Crippen LogP contribution in [0, 0.1) is 23.7 Å². The molecule has 2 saturated carbocycles. The smallest absolute Gasteiger partial charge is 0.112 e. The topological polar surface area (TPSA) is 0 Å². The van der Waals surface area contributed by atoms with Crippen LogP contribution in [0.4, 0.5) is 0 Å². The van der Waals surface area contributed by atoms with Gasteiger partial charge in [-0.25, -0.2) is 0 Å². The largest absolute Gasteiger partial charge is 1.00 e. The van der Waals surface area contributed by atoms with Crippen LogP contribution in [0.25, 0.3) is 0 Å². The van der Waals surface area contributed by atoms with Gasteiger partial charge in [0.25, 0.3) is 0 Å². The number of rotatable bonds is 8. The molecule has 192 valence electrons. The minimum atomic E-state index is -1.69. The van der Waals surface area contributed by atoms with Crippen LogP contribution in [0.1, 0.15) is 71.1 Å². The van der Waals surface area contributed by atoms with Crippen LogP contribution in [0.15, 0.2) is 91.0 Å². The van der Waals surface area contributed by atoms with Crippen LogP contribution in [-0.4, -0.2) is 6.16 Å². The molecule has 0 N–H and O–H groups in total. The molecule has 0 unspecified atom stereocenters. The molecular weight excluding hydrogens is 566 g/mol. The van der Waals surface area contributed by atoms with Gasteiger partial charge < -0.3 is 24.0 Å². The van der Waals surface area contributed by atoms with E-state index in [1.54, 1.807) is 15.9 Å². The van der Waals surface area contributed by atoms with Gasteiger partial charge in [-0.3, -0.25) is 0 Å². The van der Waals surface area contributed by atoms with Gasteiger partial charge in [-0.1, -0.05) is 87.2 Å². The molecule has 2 heteroatoms. The van der Waals surface area contributed by atoms with Crippen LogP contribution < -0.4 is 39.9 Å². The third-order valence-electron chi connectivity index (χ3n) is 9.27. The van der Waals surface area contributed by atoms with Crippen molar-refractivity contribution in [3.05, 3.63) is 91.0 Å². The molecule has 2 fully saturated rings. The minimum Gasteiger partial charge on any atom is -1.00 e. The molecule has 3 aromatic carbocycles. The molecule has 0 bridgehead atoms. The van der Waals surface area contributed by atoms with Crippen molar-refractivity contribution in [2.75, 3.05) is 6.16 Å². The van der Waals surface area contributed by atoms with Crippen LogP contribution in [0.5, 0.6) is 0 Å². The van der Waals surface area contributed by atoms with Crippen molar-refractivity contribution < 1.29 is 24.0 Å². The summed E-state index contributed by atoms with van der Waals surface area (Å²) in [5, 5.41) is 4.65. The maximum atomic E-state index is 2.41. The molecule has 0 nitrogen and oxygen atoms in total. The predicted molar refractivity (Wildman–Crippen MR) is 156 cm³/mol. The van der Waals surface area contributed by atoms with E-state index < -0.39 is 7.26 Å². The lowest BCUT2D eigenvalue weighted by molar-refractivity contribution is -0.00000712. The van der Waals surface area contributed by atoms with E-state index in [0.717, 1.165) is 23.7 Å². The molecule has 3 aromatic rings. The number of hydrogen-bond donors (Lipinski definition) is 0. The molecular formula is C34H44IP. The van der Waals surface area contributed by atoms with E-state index in [1.807, 2.05) is 0 Å². The van der Waals surface area contributed by atoms with Gasteiger partial charge in [-0.05, 0) is 98.6 Å². The maximum absolute atomic E-state index is 2.41. The Balaban J connectivity index is 0.00000304. The highest BCUT2D eigenvalue weighted by Crippen LogP contribution is 2.58. The van der Waals surface area contributed by atoms with Crippen molar-refractivity contribution >= 4 is 23.2 Å². The Bertz CT molecular complexity index is 906. The zero-order chi connectivity index (χ0) is 23.9. The second-order valence-electron chi connectivity index (χ2n) is 11.3. The molecule has 0 aromatic heterocycles. The summed E-state index contributed by atoms with van der Waals surface area (Å²) in [5.74, 6) is 3.87. The molecule has 0 saturated heterocycles. The Hall–Kier alpha value is -1.18. The van der Waals surface area contributed by atoms with Gasteiger partial charge in [-0.15, -0.1) is 0 Å². The summed E-state index contributed by atoms with van der Waals surface area (Å²) in [4.78, 5) is 0. The highest BCUT2D eigenvalue weighted by Gasteiger charge is 2.47. The van der Waals surface area contributed by atoms with E-state index in [4.69, 9.17) is 0 Å². The van der Waals surface area contributed by atoms with E-state index in [9.17, 15) is 0 Å². The zero-order valence-electron chi connectivity index (χ0n) is 22.1. The molecule has 0 amide bonds. The van der Waals surface area contributed by atoms with Crippen LogP contribution in [0.2, 0.25) is 0 Å². The first-order chi connectivity index (χ1) is 17.3. The minimum absolute atomic E-state index is 0. The predicted octanol–water partition coefficient (Wildman–Crippen LogP) is 5.40. The lowest BCUT2D eigenvalue weighted by Gasteiger charge is -2.39. The van der Waals surface area contributed by atoms with Crippen molar-refractivity contribution in [3.8, 4) is 0 Å². The van der Waals surface area contributed by atoms with Gasteiger partial charge in [-0.2, -0.15) is 0 Å². The number of benzene rings is 3. The molecule has 0 atom stereocenters. The third kappa shape index (κ3) is 6.27. The summed E-state index contributed by atoms with van der Waals surface area (Å²) in [6.07, 6.45) is 16.0. The van der Waals surface area contributed by atoms with Gasteiger partial charge in [0.05, 0.1) is 6.16 Å². The quantitative estimate of drug-likeness (QED) is 0.237. The number of halogens is 1. The zero-order valence-corrected chi connectivity index (χ0v) is 25.1. The standard InChI is InChI=1S/C34H44P.HI/c1-2-12-28-19-23-30(24-20-28)31-25-21-29(22-26-31)27-35(32-13-6-3-7-14-32,33-15-8-4-9-16-33)34-17-10-5-11-18-34;/h3-11,13-18,28-31H,2,12,19-27H2,1H3;1H/q+1;/p-1. The molecule has 0 aliphatic heterocycles. The molecule has 2 aliphatic rings. The normalized spacial score (nSPS) is 24.6. The average molecular weight is 611 g/mol. The van der Waals surface area contributed by atoms with E-state index >= 15 is 0 Å². The van der Waals surface area contributed by atoms with Crippen molar-refractivity contribution in [3.63, 3.8) is 0 Å². The van der Waals surface area contributed by atoms with Crippen molar-refractivity contribution in [2.24, 2.45) is 23.7 Å². The fourth-order valence-corrected chi connectivity index (χ4v) is 12.1. The summed E-state index contributed by atoms with van der Waals surface area (Å²) in [7, 11) is -1.69. The van der Waals surface area contributed by atoms with Crippen molar-refractivity contribution in [2.45, 2.75) is 71.1 Å². The molecule has 0 radical (unpaired) electrons. The molecule has 5 rings (SSSR count). The van der Waals surface area contributed by atoms with Crippen LogP contribution in [-0.2, 0) is 0 Å². The van der Waals surface area contributed by atoms with E-state index in [1.165, 1.54) is 70.4 Å². The highest BCUT2D eigenvalue weighted by atomic mass is 127.